The number of hydrogen-bond acceptors (Lipinski definition) is 2. The number of benzene rings is 1. The fourth-order valence-corrected chi connectivity index (χ4v) is 6.88. The average molecular weight is 522 g/mol. The van der Waals surface area contributed by atoms with E-state index in [1.165, 1.54) is 22.0 Å². The van der Waals surface area contributed by atoms with Crippen LogP contribution in [0.1, 0.15) is 78.0 Å². The van der Waals surface area contributed by atoms with Crippen LogP contribution in [0.3, 0.4) is 0 Å². The first-order valence-electron chi connectivity index (χ1n) is 9.59. The van der Waals surface area contributed by atoms with Gasteiger partial charge < -0.3 is 0 Å². The Morgan fingerprint density at radius 1 is 0.778 bits per heavy atom. The normalized spacial score (nSPS) is 13.1. The van der Waals surface area contributed by atoms with Crippen LogP contribution in [0.25, 0.3) is 0 Å². The average Bonchev–Trinajstić information content (AvgIpc) is 2.56. The van der Waals surface area contributed by atoms with Gasteiger partial charge in [0.25, 0.3) is 0 Å². The van der Waals surface area contributed by atoms with Gasteiger partial charge in [0.1, 0.15) is 0 Å². The molecule has 2 nitrogen and oxygen atoms in total. The van der Waals surface area contributed by atoms with Gasteiger partial charge in [-0.25, -0.2) is 0 Å². The molecule has 154 valence electrons. The molecule has 0 fully saturated rings. The van der Waals surface area contributed by atoms with Crippen molar-refractivity contribution in [3.8, 4) is 0 Å². The van der Waals surface area contributed by atoms with E-state index >= 15 is 0 Å². The van der Waals surface area contributed by atoms with Crippen LogP contribution in [-0.2, 0) is 25.7 Å². The summed E-state index contributed by atoms with van der Waals surface area (Å²) in [4.78, 5) is 0. The molecule has 0 N–H and O–H groups in total. The van der Waals surface area contributed by atoms with E-state index in [1.54, 1.807) is 14.2 Å². The van der Waals surface area contributed by atoms with E-state index in [1.807, 2.05) is 0 Å². The molecule has 1 rings (SSSR count). The van der Waals surface area contributed by atoms with E-state index in [-0.39, 0.29) is 16.2 Å². The van der Waals surface area contributed by atoms with Crippen molar-refractivity contribution in [3.05, 3.63) is 28.8 Å². The van der Waals surface area contributed by atoms with Gasteiger partial charge in [0.05, 0.1) is 0 Å². The van der Waals surface area contributed by atoms with E-state index in [0.717, 1.165) is 26.1 Å². The molecular formula is C22H37O2PSe2. The van der Waals surface area contributed by atoms with Gasteiger partial charge in [-0.1, -0.05) is 0 Å². The molecule has 0 bridgehead atoms. The van der Waals surface area contributed by atoms with Gasteiger partial charge in [0.2, 0.25) is 0 Å². The molecule has 0 aliphatic heterocycles. The van der Waals surface area contributed by atoms with Crippen LogP contribution >= 0.6 is 4.41 Å². The van der Waals surface area contributed by atoms with Crippen molar-refractivity contribution in [2.75, 3.05) is 27.4 Å². The predicted octanol–water partition coefficient (Wildman–Crippen LogP) is 4.89. The van der Waals surface area contributed by atoms with Gasteiger partial charge in [0, 0.05) is 0 Å². The van der Waals surface area contributed by atoms with Crippen molar-refractivity contribution in [2.45, 2.75) is 77.6 Å². The van der Waals surface area contributed by atoms with Crippen molar-refractivity contribution in [2.24, 2.45) is 0 Å². The number of hydrogen-bond donors (Lipinski definition) is 0. The van der Waals surface area contributed by atoms with E-state index in [4.69, 9.17) is 9.47 Å². The Balaban J connectivity index is 3.82. The second-order valence-corrected chi connectivity index (χ2v) is 18.8. The fourth-order valence-electron chi connectivity index (χ4n) is 3.28. The maximum atomic E-state index is 5.42. The summed E-state index contributed by atoms with van der Waals surface area (Å²) in [5.41, 5.74) is 4.52. The molecule has 0 saturated heterocycles. The molecule has 0 aliphatic rings. The molecule has 0 heterocycles. The van der Waals surface area contributed by atoms with E-state index in [9.17, 15) is 0 Å². The molecule has 27 heavy (non-hydrogen) atoms. The second kappa shape index (κ2) is 9.99. The van der Waals surface area contributed by atoms with Crippen LogP contribution in [0.4, 0.5) is 0 Å². The number of methoxy groups -OCH3 is 2. The molecule has 0 aromatic heterocycles. The van der Waals surface area contributed by atoms with Crippen LogP contribution < -0.4 is 5.30 Å². The summed E-state index contributed by atoms with van der Waals surface area (Å²) in [6.45, 7) is 17.9. The van der Waals surface area contributed by atoms with Crippen molar-refractivity contribution in [1.82, 2.24) is 0 Å². The van der Waals surface area contributed by atoms with Crippen LogP contribution in [0.5, 0.6) is 0 Å². The molecule has 0 spiro atoms. The molecule has 5 heteroatoms. The zero-order valence-electron chi connectivity index (χ0n) is 18.6. The van der Waals surface area contributed by atoms with Gasteiger partial charge in [-0.2, -0.15) is 0 Å². The first kappa shape index (κ1) is 25.5. The molecular weight excluding hydrogens is 485 g/mol. The molecule has 0 saturated carbocycles. The van der Waals surface area contributed by atoms with Gasteiger partial charge in [-0.3, -0.25) is 0 Å². The molecule has 0 amide bonds. The van der Waals surface area contributed by atoms with Crippen LogP contribution in [0, 0.1) is 0 Å². The second-order valence-electron chi connectivity index (χ2n) is 9.68. The first-order valence-corrected chi connectivity index (χ1v) is 15.4. The Hall–Kier alpha value is 0.479. The van der Waals surface area contributed by atoms with E-state index < -0.39 is 4.41 Å². The molecule has 0 unspecified atom stereocenters. The van der Waals surface area contributed by atoms with Crippen LogP contribution in [-0.4, -0.2) is 57.6 Å². The topological polar surface area (TPSA) is 18.5 Å². The summed E-state index contributed by atoms with van der Waals surface area (Å²) in [6, 6.07) is 4.90. The summed E-state index contributed by atoms with van der Waals surface area (Å²) in [6.07, 6.45) is 2.01. The Kier molecular flexibility index (Phi) is 9.44. The third kappa shape index (κ3) is 6.75. The zero-order valence-corrected chi connectivity index (χ0v) is 22.9. The fraction of sp³-hybridized carbons (Fsp3) is 0.727. The Morgan fingerprint density at radius 3 is 1.41 bits per heavy atom. The molecule has 0 radical (unpaired) electrons. The van der Waals surface area contributed by atoms with Crippen molar-refractivity contribution < 1.29 is 9.47 Å². The van der Waals surface area contributed by atoms with Crippen LogP contribution in [0.15, 0.2) is 12.1 Å². The first-order chi connectivity index (χ1) is 12.3. The SMILES string of the molecule is COCCC(C)(C)c1cc(C(C)(C)C)cc(C(C)(C)CCOC)c1P(=[Se])=[Se]. The van der Waals surface area contributed by atoms with E-state index in [2.05, 4.69) is 90.8 Å². The number of ether oxygens (including phenoxy) is 2. The summed E-state index contributed by atoms with van der Waals surface area (Å²) >= 11 is 6.80. The quantitative estimate of drug-likeness (QED) is 0.340. The minimum atomic E-state index is -0.476. The van der Waals surface area contributed by atoms with Crippen molar-refractivity contribution >= 4 is 39.9 Å². The van der Waals surface area contributed by atoms with E-state index in [0.29, 0.717) is 0 Å². The van der Waals surface area contributed by atoms with Crippen molar-refractivity contribution in [3.63, 3.8) is 0 Å². The number of rotatable bonds is 9. The molecule has 1 aromatic carbocycles. The monoisotopic (exact) mass is 524 g/mol. The van der Waals surface area contributed by atoms with Gasteiger partial charge in [-0.15, -0.1) is 0 Å². The Morgan fingerprint density at radius 2 is 1.15 bits per heavy atom. The predicted molar refractivity (Wildman–Crippen MR) is 122 cm³/mol. The standard InChI is InChI=1S/C22H37O2PSe2/c1-20(2,3)16-14-17(21(4,5)10-12-23-8)19(25(26)27)18(15-16)22(6,7)11-13-24-9/h14-15H,10-13H2,1-9H3. The Labute approximate surface area is 182 Å². The van der Waals surface area contributed by atoms with Crippen LogP contribution in [0.2, 0.25) is 0 Å². The summed E-state index contributed by atoms with van der Waals surface area (Å²) < 4.78 is 10.4. The minimum absolute atomic E-state index is 0.0486. The van der Waals surface area contributed by atoms with Gasteiger partial charge in [-0.05, 0) is 0 Å². The molecule has 0 atom stereocenters. The third-order valence-corrected chi connectivity index (χ3v) is 8.62. The molecule has 0 aliphatic carbocycles. The zero-order chi connectivity index (χ0) is 21.0. The third-order valence-electron chi connectivity index (χ3n) is 5.48. The van der Waals surface area contributed by atoms with Gasteiger partial charge in [0.15, 0.2) is 0 Å². The van der Waals surface area contributed by atoms with Crippen molar-refractivity contribution in [1.29, 1.82) is 0 Å². The summed E-state index contributed by atoms with van der Waals surface area (Å²) in [5, 5.41) is 1.47. The molecule has 1 aromatic rings. The summed E-state index contributed by atoms with van der Waals surface area (Å²) in [7, 11) is 3.58. The summed E-state index contributed by atoms with van der Waals surface area (Å²) in [5.74, 6) is 0. The van der Waals surface area contributed by atoms with Gasteiger partial charge >= 0.3 is 183 Å². The Bertz CT molecular complexity index is 665. The maximum absolute atomic E-state index is 5.42.